The van der Waals surface area contributed by atoms with E-state index in [1.54, 1.807) is 6.33 Å². The number of H-pyrrole nitrogens is 1. The largest absolute Gasteiger partial charge is 0.394 e. The number of fused-ring (bicyclic) bond motifs is 3. The average Bonchev–Trinajstić information content (AvgIpc) is 3.14. The molecule has 3 aromatic heterocycles. The van der Waals surface area contributed by atoms with Crippen molar-refractivity contribution >= 4 is 33.7 Å². The van der Waals surface area contributed by atoms with E-state index in [9.17, 15) is 5.11 Å². The number of nitrogens with zero attached hydrogens (tertiary/aromatic N) is 3. The third-order valence-electron chi connectivity index (χ3n) is 3.98. The van der Waals surface area contributed by atoms with Gasteiger partial charge in [0.25, 0.3) is 0 Å². The molecule has 7 heteroatoms. The first-order chi connectivity index (χ1) is 10.2. The number of aryl methyl sites for hydroxylation is 1. The van der Waals surface area contributed by atoms with Crippen LogP contribution in [0.1, 0.15) is 24.8 Å². The lowest BCUT2D eigenvalue weighted by Gasteiger charge is -2.13. The van der Waals surface area contributed by atoms with Gasteiger partial charge in [0.2, 0.25) is 0 Å². The SMILES string of the molecule is Cc1cc2c(Cl)nc3c(ncn3[C@H]3CC[C@@H](CO)O3)c2[nH]1. The second-order valence-corrected chi connectivity index (χ2v) is 5.80. The number of rotatable bonds is 2. The van der Waals surface area contributed by atoms with Gasteiger partial charge in [-0.1, -0.05) is 11.6 Å². The molecule has 0 aliphatic carbocycles. The van der Waals surface area contributed by atoms with Gasteiger partial charge in [0, 0.05) is 11.1 Å². The third-order valence-corrected chi connectivity index (χ3v) is 4.27. The summed E-state index contributed by atoms with van der Waals surface area (Å²) in [6.45, 7) is 2.02. The van der Waals surface area contributed by atoms with Crippen molar-refractivity contribution in [3.63, 3.8) is 0 Å². The van der Waals surface area contributed by atoms with Gasteiger partial charge >= 0.3 is 0 Å². The Balaban J connectivity index is 1.88. The lowest BCUT2D eigenvalue weighted by Crippen LogP contribution is -2.14. The summed E-state index contributed by atoms with van der Waals surface area (Å²) >= 11 is 6.29. The molecule has 0 saturated carbocycles. The van der Waals surface area contributed by atoms with Crippen molar-refractivity contribution in [1.29, 1.82) is 0 Å². The number of imidazole rings is 1. The topological polar surface area (TPSA) is 76.0 Å². The number of pyridine rings is 1. The predicted molar refractivity (Wildman–Crippen MR) is 79.4 cm³/mol. The Morgan fingerprint density at radius 2 is 2.38 bits per heavy atom. The van der Waals surface area contributed by atoms with E-state index in [0.29, 0.717) is 10.8 Å². The van der Waals surface area contributed by atoms with Crippen molar-refractivity contribution in [2.45, 2.75) is 32.1 Å². The zero-order chi connectivity index (χ0) is 14.6. The van der Waals surface area contributed by atoms with Gasteiger partial charge in [-0.25, -0.2) is 9.97 Å². The zero-order valence-electron chi connectivity index (χ0n) is 11.5. The number of hydrogen-bond acceptors (Lipinski definition) is 4. The fourth-order valence-electron chi connectivity index (χ4n) is 2.97. The number of ether oxygens (including phenoxy) is 1. The lowest BCUT2D eigenvalue weighted by atomic mass is 10.2. The van der Waals surface area contributed by atoms with E-state index in [1.807, 2.05) is 17.6 Å². The standard InChI is InChI=1S/C14H15ClN4O2/c1-7-4-9-11(17-7)12-14(18-13(9)15)19(6-16-12)10-3-2-8(5-20)21-10/h4,6,8,10,17,20H,2-3,5H2,1H3/t8-,10+/m0/s1. The van der Waals surface area contributed by atoms with Crippen LogP contribution in [0.15, 0.2) is 12.4 Å². The first kappa shape index (κ1) is 13.1. The quantitative estimate of drug-likeness (QED) is 0.713. The normalized spacial score (nSPS) is 22.6. The Bertz CT molecular complexity index is 825. The Morgan fingerprint density at radius 3 is 3.14 bits per heavy atom. The van der Waals surface area contributed by atoms with Crippen LogP contribution in [0.2, 0.25) is 5.15 Å². The number of aromatic nitrogens is 4. The average molecular weight is 307 g/mol. The molecule has 0 bridgehead atoms. The molecule has 4 heterocycles. The smallest absolute Gasteiger partial charge is 0.165 e. The number of aromatic amines is 1. The highest BCUT2D eigenvalue weighted by Gasteiger charge is 2.28. The molecule has 6 nitrogen and oxygen atoms in total. The zero-order valence-corrected chi connectivity index (χ0v) is 12.3. The minimum atomic E-state index is -0.149. The summed E-state index contributed by atoms with van der Waals surface area (Å²) in [4.78, 5) is 12.2. The Morgan fingerprint density at radius 1 is 1.52 bits per heavy atom. The van der Waals surface area contributed by atoms with Crippen LogP contribution in [0.3, 0.4) is 0 Å². The Hall–Kier alpha value is -1.63. The molecule has 4 rings (SSSR count). The summed E-state index contributed by atoms with van der Waals surface area (Å²) in [5.41, 5.74) is 3.42. The number of aliphatic hydroxyl groups excluding tert-OH is 1. The van der Waals surface area contributed by atoms with Crippen molar-refractivity contribution in [1.82, 2.24) is 19.5 Å². The minimum Gasteiger partial charge on any atom is -0.394 e. The maximum Gasteiger partial charge on any atom is 0.165 e. The van der Waals surface area contributed by atoms with Crippen LogP contribution in [0.25, 0.3) is 22.1 Å². The third kappa shape index (κ3) is 1.94. The first-order valence-electron chi connectivity index (χ1n) is 6.95. The van der Waals surface area contributed by atoms with Crippen LogP contribution in [-0.2, 0) is 4.74 Å². The molecule has 2 N–H and O–H groups in total. The van der Waals surface area contributed by atoms with Crippen molar-refractivity contribution in [3.8, 4) is 0 Å². The summed E-state index contributed by atoms with van der Waals surface area (Å²) in [6, 6.07) is 1.97. The predicted octanol–water partition coefficient (Wildman–Crippen LogP) is 2.54. The minimum absolute atomic E-state index is 0.0391. The summed E-state index contributed by atoms with van der Waals surface area (Å²) in [5.74, 6) is 0. The number of hydrogen-bond donors (Lipinski definition) is 2. The molecule has 21 heavy (non-hydrogen) atoms. The number of halogens is 1. The molecular formula is C14H15ClN4O2. The van der Waals surface area contributed by atoms with Crippen molar-refractivity contribution in [3.05, 3.63) is 23.2 Å². The van der Waals surface area contributed by atoms with E-state index < -0.39 is 0 Å². The fourth-order valence-corrected chi connectivity index (χ4v) is 3.20. The van der Waals surface area contributed by atoms with E-state index in [0.717, 1.165) is 35.0 Å². The Labute approximate surface area is 125 Å². The molecule has 1 saturated heterocycles. The highest BCUT2D eigenvalue weighted by Crippen LogP contribution is 2.33. The van der Waals surface area contributed by atoms with Crippen LogP contribution in [0.5, 0.6) is 0 Å². The summed E-state index contributed by atoms with van der Waals surface area (Å²) < 4.78 is 7.70. The highest BCUT2D eigenvalue weighted by atomic mass is 35.5. The Kier molecular flexibility index (Phi) is 2.92. The van der Waals surface area contributed by atoms with Crippen molar-refractivity contribution in [2.24, 2.45) is 0 Å². The summed E-state index contributed by atoms with van der Waals surface area (Å²) in [6.07, 6.45) is 3.13. The van der Waals surface area contributed by atoms with Crippen LogP contribution < -0.4 is 0 Å². The lowest BCUT2D eigenvalue weighted by molar-refractivity contribution is -0.0207. The number of nitrogens with one attached hydrogen (secondary N) is 1. The van der Waals surface area contributed by atoms with Gasteiger partial charge in [0.15, 0.2) is 5.65 Å². The van der Waals surface area contributed by atoms with Gasteiger partial charge in [-0.3, -0.25) is 4.57 Å². The van der Waals surface area contributed by atoms with Gasteiger partial charge in [0.05, 0.1) is 24.6 Å². The maximum absolute atomic E-state index is 9.19. The van der Waals surface area contributed by atoms with Gasteiger partial charge < -0.3 is 14.8 Å². The van der Waals surface area contributed by atoms with Crippen LogP contribution in [0, 0.1) is 6.92 Å². The molecule has 0 amide bonds. The molecule has 1 aliphatic heterocycles. The molecule has 0 radical (unpaired) electrons. The highest BCUT2D eigenvalue weighted by molar-refractivity contribution is 6.35. The van der Waals surface area contributed by atoms with Gasteiger partial charge in [0.1, 0.15) is 16.9 Å². The van der Waals surface area contributed by atoms with Crippen LogP contribution >= 0.6 is 11.6 Å². The molecule has 1 aliphatic rings. The molecule has 3 aromatic rings. The fraction of sp³-hybridized carbons (Fsp3) is 0.429. The van der Waals surface area contributed by atoms with Gasteiger partial charge in [-0.05, 0) is 25.8 Å². The van der Waals surface area contributed by atoms with E-state index in [-0.39, 0.29) is 18.9 Å². The second-order valence-electron chi connectivity index (χ2n) is 5.44. The van der Waals surface area contributed by atoms with Crippen molar-refractivity contribution in [2.75, 3.05) is 6.61 Å². The van der Waals surface area contributed by atoms with E-state index in [4.69, 9.17) is 16.3 Å². The molecule has 2 atom stereocenters. The van der Waals surface area contributed by atoms with Crippen LogP contribution in [-0.4, -0.2) is 37.3 Å². The molecule has 110 valence electrons. The summed E-state index contributed by atoms with van der Waals surface area (Å²) in [7, 11) is 0. The monoisotopic (exact) mass is 306 g/mol. The molecule has 0 unspecified atom stereocenters. The van der Waals surface area contributed by atoms with Crippen LogP contribution in [0.4, 0.5) is 0 Å². The molecule has 0 spiro atoms. The molecule has 1 fully saturated rings. The molecule has 0 aromatic carbocycles. The second kappa shape index (κ2) is 4.69. The van der Waals surface area contributed by atoms with E-state index in [1.165, 1.54) is 0 Å². The van der Waals surface area contributed by atoms with Crippen molar-refractivity contribution < 1.29 is 9.84 Å². The van der Waals surface area contributed by atoms with Gasteiger partial charge in [-0.2, -0.15) is 0 Å². The number of aliphatic hydroxyl groups is 1. The first-order valence-corrected chi connectivity index (χ1v) is 7.33. The maximum atomic E-state index is 9.19. The summed E-state index contributed by atoms with van der Waals surface area (Å²) in [5, 5.41) is 10.5. The molecular weight excluding hydrogens is 292 g/mol. The van der Waals surface area contributed by atoms with E-state index in [2.05, 4.69) is 15.0 Å². The van der Waals surface area contributed by atoms with E-state index >= 15 is 0 Å². The van der Waals surface area contributed by atoms with Gasteiger partial charge in [-0.15, -0.1) is 0 Å².